The van der Waals surface area contributed by atoms with Crippen LogP contribution in [0.25, 0.3) is 0 Å². The van der Waals surface area contributed by atoms with Gasteiger partial charge in [0.1, 0.15) is 0 Å². The van der Waals surface area contributed by atoms with Gasteiger partial charge in [0.05, 0.1) is 21.3 Å². The van der Waals surface area contributed by atoms with E-state index in [1.54, 1.807) is 21.3 Å². The maximum atomic E-state index is 6.22. The summed E-state index contributed by atoms with van der Waals surface area (Å²) in [5, 5.41) is 0. The van der Waals surface area contributed by atoms with Crippen LogP contribution in [-0.2, 0) is 0 Å². The molecule has 0 radical (unpaired) electrons. The van der Waals surface area contributed by atoms with Crippen LogP contribution in [-0.4, -0.2) is 21.3 Å². The summed E-state index contributed by atoms with van der Waals surface area (Å²) < 4.78 is 16.0. The van der Waals surface area contributed by atoms with Gasteiger partial charge in [0.15, 0.2) is 11.5 Å². The van der Waals surface area contributed by atoms with Crippen LogP contribution in [0.3, 0.4) is 0 Å². The lowest BCUT2D eigenvalue weighted by molar-refractivity contribution is 0.323. The number of rotatable bonds is 6. The number of hydrogen-bond donors (Lipinski definition) is 1. The molecule has 1 aliphatic carbocycles. The molecule has 1 saturated carbocycles. The highest BCUT2D eigenvalue weighted by molar-refractivity contribution is 5.54. The number of hydrogen-bond acceptors (Lipinski definition) is 4. The Morgan fingerprint density at radius 3 is 2.06 bits per heavy atom. The fraction of sp³-hybridized carbons (Fsp3) is 0.571. The first-order chi connectivity index (χ1) is 8.69. The Balaban J connectivity index is 2.29. The van der Waals surface area contributed by atoms with Crippen LogP contribution in [0.15, 0.2) is 12.1 Å². The molecule has 0 amide bonds. The van der Waals surface area contributed by atoms with Gasteiger partial charge >= 0.3 is 0 Å². The van der Waals surface area contributed by atoms with E-state index in [9.17, 15) is 0 Å². The van der Waals surface area contributed by atoms with Gasteiger partial charge in [0.2, 0.25) is 5.75 Å². The standard InChI is InChI=1S/C14H21NO3/c1-16-12-7-10(11(15)6-9-4-5-9)8-13(17-2)14(12)18-3/h7-9,11H,4-6,15H2,1-3H3/t11-/m1/s1. The molecule has 2 N–H and O–H groups in total. The van der Waals surface area contributed by atoms with Crippen LogP contribution in [0.4, 0.5) is 0 Å². The molecule has 1 fully saturated rings. The molecule has 1 aliphatic rings. The first-order valence-corrected chi connectivity index (χ1v) is 6.25. The summed E-state index contributed by atoms with van der Waals surface area (Å²) in [6, 6.07) is 3.91. The summed E-state index contributed by atoms with van der Waals surface area (Å²) in [6.45, 7) is 0. The van der Waals surface area contributed by atoms with Crippen molar-refractivity contribution >= 4 is 0 Å². The second kappa shape index (κ2) is 5.48. The zero-order valence-corrected chi connectivity index (χ0v) is 11.2. The first-order valence-electron chi connectivity index (χ1n) is 6.25. The van der Waals surface area contributed by atoms with E-state index in [4.69, 9.17) is 19.9 Å². The molecular weight excluding hydrogens is 230 g/mol. The van der Waals surface area contributed by atoms with Crippen LogP contribution in [0.1, 0.15) is 30.9 Å². The van der Waals surface area contributed by atoms with Crippen molar-refractivity contribution in [1.82, 2.24) is 0 Å². The van der Waals surface area contributed by atoms with Gasteiger partial charge in [-0.15, -0.1) is 0 Å². The zero-order chi connectivity index (χ0) is 13.1. The van der Waals surface area contributed by atoms with Crippen LogP contribution >= 0.6 is 0 Å². The quantitative estimate of drug-likeness (QED) is 0.844. The van der Waals surface area contributed by atoms with Crippen molar-refractivity contribution in [2.75, 3.05) is 21.3 Å². The molecule has 0 unspecified atom stereocenters. The van der Waals surface area contributed by atoms with E-state index in [0.29, 0.717) is 17.2 Å². The highest BCUT2D eigenvalue weighted by Crippen LogP contribution is 2.42. The smallest absolute Gasteiger partial charge is 0.203 e. The van der Waals surface area contributed by atoms with Crippen molar-refractivity contribution in [2.45, 2.75) is 25.3 Å². The van der Waals surface area contributed by atoms with E-state index in [1.165, 1.54) is 12.8 Å². The van der Waals surface area contributed by atoms with Gasteiger partial charge in [-0.1, -0.05) is 12.8 Å². The van der Waals surface area contributed by atoms with E-state index >= 15 is 0 Å². The van der Waals surface area contributed by atoms with Crippen molar-refractivity contribution in [3.05, 3.63) is 17.7 Å². The molecular formula is C14H21NO3. The second-order valence-corrected chi connectivity index (χ2v) is 4.74. The molecule has 0 aliphatic heterocycles. The zero-order valence-electron chi connectivity index (χ0n) is 11.2. The molecule has 18 heavy (non-hydrogen) atoms. The minimum absolute atomic E-state index is 0.0335. The first kappa shape index (κ1) is 13.0. The van der Waals surface area contributed by atoms with Crippen molar-refractivity contribution in [3.63, 3.8) is 0 Å². The van der Waals surface area contributed by atoms with Gasteiger partial charge in [0.25, 0.3) is 0 Å². The van der Waals surface area contributed by atoms with Crippen molar-refractivity contribution in [1.29, 1.82) is 0 Å². The summed E-state index contributed by atoms with van der Waals surface area (Å²) in [6.07, 6.45) is 3.63. The molecule has 100 valence electrons. The minimum atomic E-state index is 0.0335. The Bertz CT molecular complexity index is 390. The molecule has 1 aromatic carbocycles. The van der Waals surface area contributed by atoms with Gasteiger partial charge in [-0.3, -0.25) is 0 Å². The summed E-state index contributed by atoms with van der Waals surface area (Å²) in [5.74, 6) is 2.73. The third kappa shape index (κ3) is 2.70. The summed E-state index contributed by atoms with van der Waals surface area (Å²) in [7, 11) is 4.84. The number of nitrogens with two attached hydrogens (primary N) is 1. The lowest BCUT2D eigenvalue weighted by Crippen LogP contribution is -2.11. The number of ether oxygens (including phenoxy) is 3. The minimum Gasteiger partial charge on any atom is -0.493 e. The molecule has 1 atom stereocenters. The van der Waals surface area contributed by atoms with Gasteiger partial charge in [-0.2, -0.15) is 0 Å². The summed E-state index contributed by atoms with van der Waals surface area (Å²) in [5.41, 5.74) is 7.26. The van der Waals surface area contributed by atoms with E-state index in [0.717, 1.165) is 17.9 Å². The van der Waals surface area contributed by atoms with Crippen molar-refractivity contribution < 1.29 is 14.2 Å². The molecule has 2 rings (SSSR count). The molecule has 1 aromatic rings. The average molecular weight is 251 g/mol. The van der Waals surface area contributed by atoms with E-state index in [2.05, 4.69) is 0 Å². The maximum absolute atomic E-state index is 6.22. The lowest BCUT2D eigenvalue weighted by Gasteiger charge is -2.17. The van der Waals surface area contributed by atoms with Gasteiger partial charge in [-0.05, 0) is 30.0 Å². The van der Waals surface area contributed by atoms with Crippen molar-refractivity contribution in [2.24, 2.45) is 11.7 Å². The van der Waals surface area contributed by atoms with Crippen LogP contribution in [0, 0.1) is 5.92 Å². The fourth-order valence-corrected chi connectivity index (χ4v) is 2.16. The molecule has 0 saturated heterocycles. The highest BCUT2D eigenvalue weighted by Gasteiger charge is 2.25. The second-order valence-electron chi connectivity index (χ2n) is 4.74. The normalized spacial score (nSPS) is 16.2. The molecule has 0 aromatic heterocycles. The Kier molecular flexibility index (Phi) is 3.97. The van der Waals surface area contributed by atoms with Gasteiger partial charge < -0.3 is 19.9 Å². The Hall–Kier alpha value is -1.42. The summed E-state index contributed by atoms with van der Waals surface area (Å²) in [4.78, 5) is 0. The van der Waals surface area contributed by atoms with Crippen LogP contribution < -0.4 is 19.9 Å². The highest BCUT2D eigenvalue weighted by atomic mass is 16.5. The van der Waals surface area contributed by atoms with E-state index in [1.807, 2.05) is 12.1 Å². The Morgan fingerprint density at radius 2 is 1.67 bits per heavy atom. The predicted molar refractivity (Wildman–Crippen MR) is 70.4 cm³/mol. The third-order valence-corrected chi connectivity index (χ3v) is 3.40. The van der Waals surface area contributed by atoms with E-state index < -0.39 is 0 Å². The maximum Gasteiger partial charge on any atom is 0.203 e. The van der Waals surface area contributed by atoms with Gasteiger partial charge in [0, 0.05) is 6.04 Å². The summed E-state index contributed by atoms with van der Waals surface area (Å²) >= 11 is 0. The topological polar surface area (TPSA) is 53.7 Å². The molecule has 0 heterocycles. The fourth-order valence-electron chi connectivity index (χ4n) is 2.16. The number of benzene rings is 1. The average Bonchev–Trinajstić information content (AvgIpc) is 3.20. The van der Waals surface area contributed by atoms with Crippen LogP contribution in [0.2, 0.25) is 0 Å². The van der Waals surface area contributed by atoms with E-state index in [-0.39, 0.29) is 6.04 Å². The molecule has 4 heteroatoms. The third-order valence-electron chi connectivity index (χ3n) is 3.40. The van der Waals surface area contributed by atoms with Crippen LogP contribution in [0.5, 0.6) is 17.2 Å². The lowest BCUT2D eigenvalue weighted by atomic mass is 10.0. The monoisotopic (exact) mass is 251 g/mol. The Morgan fingerprint density at radius 1 is 1.11 bits per heavy atom. The SMILES string of the molecule is COc1cc([C@H](N)CC2CC2)cc(OC)c1OC. The molecule has 0 spiro atoms. The van der Waals surface area contributed by atoms with Gasteiger partial charge in [-0.25, -0.2) is 0 Å². The Labute approximate surface area is 108 Å². The number of methoxy groups -OCH3 is 3. The predicted octanol–water partition coefficient (Wildman–Crippen LogP) is 2.51. The molecule has 4 nitrogen and oxygen atoms in total. The molecule has 0 bridgehead atoms. The van der Waals surface area contributed by atoms with Crippen molar-refractivity contribution in [3.8, 4) is 17.2 Å². The largest absolute Gasteiger partial charge is 0.493 e.